The van der Waals surface area contributed by atoms with Gasteiger partial charge in [0.05, 0.1) is 5.75 Å². The van der Waals surface area contributed by atoms with Crippen LogP contribution in [0.5, 0.6) is 0 Å². The van der Waals surface area contributed by atoms with Crippen molar-refractivity contribution in [2.24, 2.45) is 0 Å². The smallest absolute Gasteiger partial charge is 0.317 e. The molecular formula is C18H17N3O3S2. The van der Waals surface area contributed by atoms with Crippen LogP contribution in [0.4, 0.5) is 0 Å². The van der Waals surface area contributed by atoms with Crippen LogP contribution in [-0.2, 0) is 20.9 Å². The summed E-state index contributed by atoms with van der Waals surface area (Å²) in [5, 5.41) is 6.34. The highest BCUT2D eigenvalue weighted by atomic mass is 32.2. The van der Waals surface area contributed by atoms with Gasteiger partial charge in [-0.1, -0.05) is 42.1 Å². The Labute approximate surface area is 159 Å². The van der Waals surface area contributed by atoms with Gasteiger partial charge in [-0.25, -0.2) is 9.97 Å². The predicted molar refractivity (Wildman–Crippen MR) is 102 cm³/mol. The van der Waals surface area contributed by atoms with E-state index in [1.165, 1.54) is 29.4 Å². The molecule has 2 heterocycles. The van der Waals surface area contributed by atoms with Crippen LogP contribution < -0.4 is 5.32 Å². The molecule has 26 heavy (non-hydrogen) atoms. The molecule has 1 N–H and O–H groups in total. The van der Waals surface area contributed by atoms with E-state index < -0.39 is 12.1 Å². The second-order valence-corrected chi connectivity index (χ2v) is 7.30. The summed E-state index contributed by atoms with van der Waals surface area (Å²) >= 11 is 2.80. The number of thiophene rings is 1. The van der Waals surface area contributed by atoms with E-state index in [1.807, 2.05) is 41.8 Å². The van der Waals surface area contributed by atoms with Crippen molar-refractivity contribution in [3.63, 3.8) is 0 Å². The highest BCUT2D eigenvalue weighted by molar-refractivity contribution is 8.00. The van der Waals surface area contributed by atoms with Gasteiger partial charge in [-0.3, -0.25) is 9.59 Å². The molecule has 0 aliphatic carbocycles. The van der Waals surface area contributed by atoms with Crippen LogP contribution in [0, 0.1) is 0 Å². The lowest BCUT2D eigenvalue weighted by molar-refractivity contribution is -0.152. The van der Waals surface area contributed by atoms with Crippen molar-refractivity contribution in [3.05, 3.63) is 53.7 Å². The summed E-state index contributed by atoms with van der Waals surface area (Å²) in [5.41, 5.74) is 0.985. The molecule has 0 aliphatic rings. The summed E-state index contributed by atoms with van der Waals surface area (Å²) in [6.07, 6.45) is 0.630. The number of amides is 1. The maximum atomic E-state index is 12.1. The molecule has 3 rings (SSSR count). The summed E-state index contributed by atoms with van der Waals surface area (Å²) in [5.74, 6) is -0.702. The lowest BCUT2D eigenvalue weighted by atomic mass is 10.2. The second-order valence-electron chi connectivity index (χ2n) is 5.44. The molecule has 0 radical (unpaired) electrons. The number of benzene rings is 1. The van der Waals surface area contributed by atoms with Crippen molar-refractivity contribution in [1.29, 1.82) is 0 Å². The van der Waals surface area contributed by atoms with Crippen molar-refractivity contribution in [1.82, 2.24) is 15.3 Å². The number of ether oxygens (including phenoxy) is 1. The SMILES string of the molecule is C[C@H](OC(=O)CSc1ncnc2sccc12)C(=O)NCc1ccccc1. The third-order valence-corrected chi connectivity index (χ3v) is 5.34. The zero-order valence-electron chi connectivity index (χ0n) is 14.0. The number of rotatable bonds is 7. The molecule has 6 nitrogen and oxygen atoms in total. The Hall–Kier alpha value is -2.45. The molecule has 0 spiro atoms. The largest absolute Gasteiger partial charge is 0.452 e. The quantitative estimate of drug-likeness (QED) is 0.381. The van der Waals surface area contributed by atoms with E-state index in [9.17, 15) is 9.59 Å². The summed E-state index contributed by atoms with van der Waals surface area (Å²) in [4.78, 5) is 33.3. The highest BCUT2D eigenvalue weighted by Crippen LogP contribution is 2.27. The summed E-state index contributed by atoms with van der Waals surface area (Å²) in [6, 6.07) is 11.5. The fourth-order valence-electron chi connectivity index (χ4n) is 2.22. The molecule has 0 saturated heterocycles. The summed E-state index contributed by atoms with van der Waals surface area (Å²) < 4.78 is 5.20. The summed E-state index contributed by atoms with van der Waals surface area (Å²) in [6.45, 7) is 1.96. The van der Waals surface area contributed by atoms with Crippen molar-refractivity contribution < 1.29 is 14.3 Å². The lowest BCUT2D eigenvalue weighted by Gasteiger charge is -2.13. The number of nitrogens with zero attached hydrogens (tertiary/aromatic N) is 2. The molecule has 3 aromatic rings. The van der Waals surface area contributed by atoms with Gasteiger partial charge in [0.1, 0.15) is 16.2 Å². The number of carbonyl (C=O) groups excluding carboxylic acids is 2. The van der Waals surface area contributed by atoms with Gasteiger partial charge < -0.3 is 10.1 Å². The number of fused-ring (bicyclic) bond motifs is 1. The third-order valence-electron chi connectivity index (χ3n) is 3.54. The van der Waals surface area contributed by atoms with Crippen molar-refractivity contribution in [3.8, 4) is 0 Å². The minimum absolute atomic E-state index is 0.0816. The normalized spacial score (nSPS) is 11.9. The average molecular weight is 387 g/mol. The van der Waals surface area contributed by atoms with Crippen LogP contribution in [0.25, 0.3) is 10.2 Å². The molecule has 1 amide bonds. The Morgan fingerprint density at radius 3 is 2.85 bits per heavy atom. The standard InChI is InChI=1S/C18H17N3O3S2/c1-12(16(23)19-9-13-5-3-2-4-6-13)24-15(22)10-26-18-14-7-8-25-17(14)20-11-21-18/h2-8,11-12H,9-10H2,1H3,(H,19,23)/t12-/m0/s1. The monoisotopic (exact) mass is 387 g/mol. The first-order valence-corrected chi connectivity index (χ1v) is 9.82. The molecular weight excluding hydrogens is 370 g/mol. The van der Waals surface area contributed by atoms with Gasteiger partial charge in [0.15, 0.2) is 6.10 Å². The molecule has 0 unspecified atom stereocenters. The number of esters is 1. The van der Waals surface area contributed by atoms with E-state index in [4.69, 9.17) is 4.74 Å². The Balaban J connectivity index is 1.46. The Morgan fingerprint density at radius 2 is 2.04 bits per heavy atom. The molecule has 0 saturated carbocycles. The zero-order chi connectivity index (χ0) is 18.4. The van der Waals surface area contributed by atoms with Crippen LogP contribution in [0.3, 0.4) is 0 Å². The number of hydrogen-bond acceptors (Lipinski definition) is 7. The number of carbonyl (C=O) groups is 2. The van der Waals surface area contributed by atoms with Gasteiger partial charge >= 0.3 is 5.97 Å². The maximum absolute atomic E-state index is 12.1. The van der Waals surface area contributed by atoms with E-state index in [-0.39, 0.29) is 11.7 Å². The van der Waals surface area contributed by atoms with Crippen molar-refractivity contribution >= 4 is 45.2 Å². The first-order chi connectivity index (χ1) is 12.6. The van der Waals surface area contributed by atoms with Gasteiger partial charge in [0.25, 0.3) is 5.91 Å². The van der Waals surface area contributed by atoms with Gasteiger partial charge in [0, 0.05) is 11.9 Å². The fourth-order valence-corrected chi connectivity index (χ4v) is 3.78. The van der Waals surface area contributed by atoms with E-state index in [1.54, 1.807) is 6.92 Å². The van der Waals surface area contributed by atoms with Gasteiger partial charge in [0.2, 0.25) is 0 Å². The highest BCUT2D eigenvalue weighted by Gasteiger charge is 2.18. The topological polar surface area (TPSA) is 81.2 Å². The van der Waals surface area contributed by atoms with Crippen LogP contribution in [0.2, 0.25) is 0 Å². The average Bonchev–Trinajstić information content (AvgIpc) is 3.14. The lowest BCUT2D eigenvalue weighted by Crippen LogP contribution is -2.35. The second kappa shape index (κ2) is 8.77. The van der Waals surface area contributed by atoms with Crippen LogP contribution in [0.15, 0.2) is 53.1 Å². The Bertz CT molecular complexity index is 899. The maximum Gasteiger partial charge on any atom is 0.317 e. The molecule has 1 aromatic carbocycles. The first kappa shape index (κ1) is 18.3. The zero-order valence-corrected chi connectivity index (χ0v) is 15.7. The van der Waals surface area contributed by atoms with Crippen LogP contribution in [-0.4, -0.2) is 33.7 Å². The molecule has 2 aromatic heterocycles. The van der Waals surface area contributed by atoms with E-state index in [0.29, 0.717) is 6.54 Å². The molecule has 0 aliphatic heterocycles. The minimum atomic E-state index is -0.849. The van der Waals surface area contributed by atoms with Gasteiger partial charge in [-0.2, -0.15) is 0 Å². The Morgan fingerprint density at radius 1 is 1.23 bits per heavy atom. The third kappa shape index (κ3) is 4.80. The van der Waals surface area contributed by atoms with Gasteiger partial charge in [-0.15, -0.1) is 11.3 Å². The molecule has 0 fully saturated rings. The predicted octanol–water partition coefficient (Wildman–Crippen LogP) is 3.03. The fraction of sp³-hybridized carbons (Fsp3) is 0.222. The molecule has 1 atom stereocenters. The van der Waals surface area contributed by atoms with E-state index >= 15 is 0 Å². The molecule has 0 bridgehead atoms. The number of aromatic nitrogens is 2. The van der Waals surface area contributed by atoms with Crippen LogP contribution >= 0.6 is 23.1 Å². The van der Waals surface area contributed by atoms with E-state index in [0.717, 1.165) is 20.8 Å². The minimum Gasteiger partial charge on any atom is -0.452 e. The van der Waals surface area contributed by atoms with Crippen molar-refractivity contribution in [2.75, 3.05) is 5.75 Å². The Kier molecular flexibility index (Phi) is 6.19. The number of hydrogen-bond donors (Lipinski definition) is 1. The van der Waals surface area contributed by atoms with Crippen LogP contribution in [0.1, 0.15) is 12.5 Å². The molecule has 8 heteroatoms. The van der Waals surface area contributed by atoms with Crippen molar-refractivity contribution in [2.45, 2.75) is 24.6 Å². The summed E-state index contributed by atoms with van der Waals surface area (Å²) in [7, 11) is 0. The molecule has 134 valence electrons. The van der Waals surface area contributed by atoms with Gasteiger partial charge in [-0.05, 0) is 23.9 Å². The number of thioether (sulfide) groups is 1. The number of nitrogens with one attached hydrogen (secondary N) is 1. The first-order valence-electron chi connectivity index (χ1n) is 7.95. The van der Waals surface area contributed by atoms with E-state index in [2.05, 4.69) is 15.3 Å².